The lowest BCUT2D eigenvalue weighted by Gasteiger charge is -2.21. The molecule has 1 aliphatic rings. The number of ether oxygens (including phenoxy) is 1. The van der Waals surface area contributed by atoms with E-state index in [0.29, 0.717) is 22.3 Å². The van der Waals surface area contributed by atoms with Crippen LogP contribution >= 0.6 is 0 Å². The Morgan fingerprint density at radius 1 is 1.12 bits per heavy atom. The SMILES string of the molecule is COc1ccc2c(C(=O)NC3CCCCCCC3)cc(=O)oc2c1. The van der Waals surface area contributed by atoms with Gasteiger partial charge in [0.05, 0.1) is 12.7 Å². The molecule has 0 spiro atoms. The van der Waals surface area contributed by atoms with Gasteiger partial charge in [0.25, 0.3) is 5.91 Å². The number of fused-ring (bicyclic) bond motifs is 1. The van der Waals surface area contributed by atoms with Crippen molar-refractivity contribution in [2.75, 3.05) is 7.11 Å². The van der Waals surface area contributed by atoms with Crippen molar-refractivity contribution in [3.8, 4) is 5.75 Å². The summed E-state index contributed by atoms with van der Waals surface area (Å²) < 4.78 is 10.4. The first-order valence-electron chi connectivity index (χ1n) is 8.60. The lowest BCUT2D eigenvalue weighted by molar-refractivity contribution is 0.0931. The number of carbonyl (C=O) groups is 1. The molecule has 3 rings (SSSR count). The van der Waals surface area contributed by atoms with Crippen molar-refractivity contribution >= 4 is 16.9 Å². The Morgan fingerprint density at radius 2 is 1.83 bits per heavy atom. The molecule has 2 aromatic rings. The van der Waals surface area contributed by atoms with E-state index < -0.39 is 5.63 Å². The standard InChI is InChI=1S/C19H23NO4/c1-23-14-9-10-15-16(12-18(21)24-17(15)11-14)19(22)20-13-7-5-3-2-4-6-8-13/h9-13H,2-8H2,1H3,(H,20,22). The molecule has 1 saturated carbocycles. The molecule has 1 aromatic heterocycles. The molecule has 0 unspecified atom stereocenters. The quantitative estimate of drug-likeness (QED) is 0.873. The molecule has 1 aromatic carbocycles. The van der Waals surface area contributed by atoms with E-state index >= 15 is 0 Å². The maximum absolute atomic E-state index is 12.7. The number of methoxy groups -OCH3 is 1. The number of rotatable bonds is 3. The van der Waals surface area contributed by atoms with Gasteiger partial charge in [-0.2, -0.15) is 0 Å². The van der Waals surface area contributed by atoms with Crippen LogP contribution in [0.3, 0.4) is 0 Å². The van der Waals surface area contributed by atoms with Gasteiger partial charge in [0.2, 0.25) is 0 Å². The van der Waals surface area contributed by atoms with Gasteiger partial charge in [0, 0.05) is 23.6 Å². The van der Waals surface area contributed by atoms with E-state index in [1.54, 1.807) is 25.3 Å². The number of carbonyl (C=O) groups excluding carboxylic acids is 1. The Bertz CT molecular complexity index is 773. The third-order valence-electron chi connectivity index (χ3n) is 4.64. The van der Waals surface area contributed by atoms with Crippen molar-refractivity contribution < 1.29 is 13.9 Å². The molecule has 5 heteroatoms. The number of hydrogen-bond acceptors (Lipinski definition) is 4. The van der Waals surface area contributed by atoms with Crippen LogP contribution in [0, 0.1) is 0 Å². The van der Waals surface area contributed by atoms with Crippen molar-refractivity contribution in [1.82, 2.24) is 5.32 Å². The minimum Gasteiger partial charge on any atom is -0.497 e. The molecule has 0 atom stereocenters. The highest BCUT2D eigenvalue weighted by molar-refractivity contribution is 6.05. The zero-order chi connectivity index (χ0) is 16.9. The van der Waals surface area contributed by atoms with Crippen LogP contribution in [0.5, 0.6) is 5.75 Å². The first-order valence-corrected chi connectivity index (χ1v) is 8.60. The van der Waals surface area contributed by atoms with Crippen molar-refractivity contribution in [3.05, 3.63) is 40.2 Å². The molecule has 0 radical (unpaired) electrons. The molecule has 128 valence electrons. The molecule has 0 saturated heterocycles. The van der Waals surface area contributed by atoms with E-state index in [1.807, 2.05) is 0 Å². The zero-order valence-electron chi connectivity index (χ0n) is 14.0. The van der Waals surface area contributed by atoms with Crippen LogP contribution in [0.2, 0.25) is 0 Å². The summed E-state index contributed by atoms with van der Waals surface area (Å²) in [6.07, 6.45) is 8.01. The number of benzene rings is 1. The van der Waals surface area contributed by atoms with Crippen LogP contribution in [-0.4, -0.2) is 19.1 Å². The Hall–Kier alpha value is -2.30. The van der Waals surface area contributed by atoms with Crippen molar-refractivity contribution in [1.29, 1.82) is 0 Å². The van der Waals surface area contributed by atoms with Gasteiger partial charge in [-0.05, 0) is 25.0 Å². The van der Waals surface area contributed by atoms with Crippen LogP contribution in [0.25, 0.3) is 11.0 Å². The van der Waals surface area contributed by atoms with Gasteiger partial charge in [0.15, 0.2) is 0 Å². The molecule has 1 N–H and O–H groups in total. The monoisotopic (exact) mass is 329 g/mol. The molecular formula is C19H23NO4. The molecular weight excluding hydrogens is 306 g/mol. The molecule has 1 heterocycles. The lowest BCUT2D eigenvalue weighted by atomic mass is 9.96. The predicted octanol–water partition coefficient (Wildman–Crippen LogP) is 3.64. The van der Waals surface area contributed by atoms with Crippen LogP contribution < -0.4 is 15.7 Å². The highest BCUT2D eigenvalue weighted by Crippen LogP contribution is 2.23. The van der Waals surface area contributed by atoms with Crippen LogP contribution in [0.4, 0.5) is 0 Å². The summed E-state index contributed by atoms with van der Waals surface area (Å²) in [7, 11) is 1.55. The zero-order valence-corrected chi connectivity index (χ0v) is 14.0. The summed E-state index contributed by atoms with van der Waals surface area (Å²) in [6, 6.07) is 6.59. The van der Waals surface area contributed by atoms with Gasteiger partial charge in [-0.1, -0.05) is 32.1 Å². The first kappa shape index (κ1) is 16.6. The molecule has 0 aliphatic heterocycles. The normalized spacial score (nSPS) is 16.4. The third kappa shape index (κ3) is 3.78. The van der Waals surface area contributed by atoms with Gasteiger partial charge in [-0.25, -0.2) is 4.79 Å². The molecule has 24 heavy (non-hydrogen) atoms. The smallest absolute Gasteiger partial charge is 0.337 e. The van der Waals surface area contributed by atoms with E-state index in [-0.39, 0.29) is 11.9 Å². The average molecular weight is 329 g/mol. The van der Waals surface area contributed by atoms with Gasteiger partial charge in [-0.3, -0.25) is 4.79 Å². The minimum absolute atomic E-state index is 0.179. The average Bonchev–Trinajstić information content (AvgIpc) is 2.55. The molecule has 1 amide bonds. The summed E-state index contributed by atoms with van der Waals surface area (Å²) in [5.74, 6) is 0.381. The highest BCUT2D eigenvalue weighted by Gasteiger charge is 2.18. The topological polar surface area (TPSA) is 68.5 Å². The highest BCUT2D eigenvalue weighted by atomic mass is 16.5. The van der Waals surface area contributed by atoms with Crippen LogP contribution in [0.15, 0.2) is 33.5 Å². The third-order valence-corrected chi connectivity index (χ3v) is 4.64. The van der Waals surface area contributed by atoms with E-state index in [0.717, 1.165) is 25.7 Å². The predicted molar refractivity (Wildman–Crippen MR) is 92.6 cm³/mol. The fraction of sp³-hybridized carbons (Fsp3) is 0.474. The molecule has 1 fully saturated rings. The minimum atomic E-state index is -0.529. The van der Waals surface area contributed by atoms with Gasteiger partial charge >= 0.3 is 5.63 Å². The Balaban J connectivity index is 1.87. The summed E-state index contributed by atoms with van der Waals surface area (Å²) >= 11 is 0. The largest absolute Gasteiger partial charge is 0.497 e. The Morgan fingerprint density at radius 3 is 2.54 bits per heavy atom. The summed E-state index contributed by atoms with van der Waals surface area (Å²) in [5, 5.41) is 3.72. The molecule has 0 bridgehead atoms. The second-order valence-electron chi connectivity index (χ2n) is 6.36. The van der Waals surface area contributed by atoms with Crippen molar-refractivity contribution in [2.24, 2.45) is 0 Å². The van der Waals surface area contributed by atoms with E-state index in [2.05, 4.69) is 5.32 Å². The first-order chi connectivity index (χ1) is 11.7. The summed E-state index contributed by atoms with van der Waals surface area (Å²) in [6.45, 7) is 0. The lowest BCUT2D eigenvalue weighted by Crippen LogP contribution is -2.35. The number of amides is 1. The summed E-state index contributed by atoms with van der Waals surface area (Å²) in [5.41, 5.74) is 0.203. The van der Waals surface area contributed by atoms with Crippen molar-refractivity contribution in [2.45, 2.75) is 51.0 Å². The molecule has 5 nitrogen and oxygen atoms in total. The Kier molecular flexibility index (Phi) is 5.18. The van der Waals surface area contributed by atoms with Gasteiger partial charge in [0.1, 0.15) is 11.3 Å². The van der Waals surface area contributed by atoms with E-state index in [4.69, 9.17) is 9.15 Å². The number of hydrogen-bond donors (Lipinski definition) is 1. The fourth-order valence-corrected chi connectivity index (χ4v) is 3.32. The second-order valence-corrected chi connectivity index (χ2v) is 6.36. The Labute approximate surface area is 141 Å². The van der Waals surface area contributed by atoms with E-state index in [1.165, 1.54) is 25.3 Å². The van der Waals surface area contributed by atoms with E-state index in [9.17, 15) is 9.59 Å². The number of nitrogens with one attached hydrogen (secondary N) is 1. The van der Waals surface area contributed by atoms with Crippen LogP contribution in [-0.2, 0) is 0 Å². The molecule has 1 aliphatic carbocycles. The van der Waals surface area contributed by atoms with Gasteiger partial charge in [-0.15, -0.1) is 0 Å². The maximum Gasteiger partial charge on any atom is 0.337 e. The van der Waals surface area contributed by atoms with Crippen molar-refractivity contribution in [3.63, 3.8) is 0 Å². The maximum atomic E-state index is 12.7. The fourth-order valence-electron chi connectivity index (χ4n) is 3.32. The summed E-state index contributed by atoms with van der Waals surface area (Å²) in [4.78, 5) is 24.5. The second kappa shape index (κ2) is 7.51. The van der Waals surface area contributed by atoms with Crippen LogP contribution in [0.1, 0.15) is 55.3 Å². The van der Waals surface area contributed by atoms with Gasteiger partial charge < -0.3 is 14.5 Å².